The van der Waals surface area contributed by atoms with Gasteiger partial charge in [0.15, 0.2) is 5.11 Å². The van der Waals surface area contributed by atoms with Gasteiger partial charge in [0.25, 0.3) is 0 Å². The third-order valence-electron chi connectivity index (χ3n) is 8.62. The van der Waals surface area contributed by atoms with Crippen LogP contribution in [0.3, 0.4) is 0 Å². The summed E-state index contributed by atoms with van der Waals surface area (Å²) in [6, 6.07) is 19.2. The van der Waals surface area contributed by atoms with Crippen LogP contribution in [-0.2, 0) is 18.5 Å². The van der Waals surface area contributed by atoms with E-state index in [0.29, 0.717) is 11.1 Å². The predicted octanol–water partition coefficient (Wildman–Crippen LogP) is 6.83. The first-order chi connectivity index (χ1) is 19.1. The second-order valence-corrected chi connectivity index (χ2v) is 12.1. The molecule has 1 aliphatic carbocycles. The van der Waals surface area contributed by atoms with Crippen LogP contribution in [0.1, 0.15) is 68.1 Å². The lowest BCUT2D eigenvalue weighted by molar-refractivity contribution is 0.292. The second kappa shape index (κ2) is 11.7. The van der Waals surface area contributed by atoms with Gasteiger partial charge in [-0.25, -0.2) is 0 Å². The molecule has 2 fully saturated rings. The Kier molecular flexibility index (Phi) is 7.89. The third kappa shape index (κ3) is 5.99. The van der Waals surface area contributed by atoms with Gasteiger partial charge in [0.2, 0.25) is 5.95 Å². The largest absolute Gasteiger partial charge is 0.361 e. The highest BCUT2D eigenvalue weighted by Crippen LogP contribution is 2.39. The molecule has 8 heteroatoms. The minimum atomic E-state index is 0.0531. The van der Waals surface area contributed by atoms with E-state index in [2.05, 4.69) is 62.9 Å². The van der Waals surface area contributed by atoms with E-state index in [9.17, 15) is 0 Å². The molecule has 6 nitrogen and oxygen atoms in total. The van der Waals surface area contributed by atoms with Crippen LogP contribution in [-0.4, -0.2) is 34.7 Å². The van der Waals surface area contributed by atoms with Crippen molar-refractivity contribution in [2.45, 2.75) is 69.9 Å². The zero-order valence-electron chi connectivity index (χ0n) is 22.5. The van der Waals surface area contributed by atoms with Crippen molar-refractivity contribution in [3.05, 3.63) is 76.3 Å². The average Bonchev–Trinajstić information content (AvgIpc) is 3.42. The van der Waals surface area contributed by atoms with Crippen LogP contribution in [0.5, 0.6) is 0 Å². The Morgan fingerprint density at radius 1 is 0.821 bits per heavy atom. The number of nitrogens with one attached hydrogen (secondary N) is 2. The highest BCUT2D eigenvalue weighted by Gasteiger charge is 2.34. The van der Waals surface area contributed by atoms with E-state index in [1.54, 1.807) is 0 Å². The molecule has 3 aliphatic rings. The number of rotatable bonds is 6. The van der Waals surface area contributed by atoms with Crippen LogP contribution in [0.25, 0.3) is 0 Å². The van der Waals surface area contributed by atoms with Gasteiger partial charge in [-0.1, -0.05) is 67.3 Å². The van der Waals surface area contributed by atoms with Crippen molar-refractivity contribution >= 4 is 46.5 Å². The van der Waals surface area contributed by atoms with Crippen molar-refractivity contribution in [2.24, 2.45) is 0 Å². The van der Waals surface area contributed by atoms with Crippen LogP contribution in [0.2, 0.25) is 5.02 Å². The van der Waals surface area contributed by atoms with Gasteiger partial charge in [-0.15, -0.1) is 0 Å². The van der Waals surface area contributed by atoms with E-state index >= 15 is 0 Å². The summed E-state index contributed by atoms with van der Waals surface area (Å²) in [7, 11) is 0. The molecule has 39 heavy (non-hydrogen) atoms. The predicted molar refractivity (Wildman–Crippen MR) is 165 cm³/mol. The SMILES string of the molecule is S=C(NCC1(c2ccc(Cl)cc2)CCCCC1)Nc1nc(N2CCCCC2)cc(N2Cc3ccccc3C2)n1. The quantitative estimate of drug-likeness (QED) is 0.320. The molecular weight excluding hydrogens is 524 g/mol. The van der Waals surface area contributed by atoms with Crippen molar-refractivity contribution in [1.29, 1.82) is 0 Å². The van der Waals surface area contributed by atoms with E-state index < -0.39 is 0 Å². The van der Waals surface area contributed by atoms with E-state index in [1.165, 1.54) is 55.2 Å². The summed E-state index contributed by atoms with van der Waals surface area (Å²) >= 11 is 12.0. The molecule has 1 saturated carbocycles. The molecule has 3 heterocycles. The maximum atomic E-state index is 6.20. The molecule has 0 spiro atoms. The molecule has 0 radical (unpaired) electrons. The molecular formula is C31H37ClN6S. The summed E-state index contributed by atoms with van der Waals surface area (Å²) in [5.74, 6) is 2.48. The van der Waals surface area contributed by atoms with Gasteiger partial charge in [0.05, 0.1) is 0 Å². The number of aromatic nitrogens is 2. The van der Waals surface area contributed by atoms with Gasteiger partial charge >= 0.3 is 0 Å². The molecule has 0 unspecified atom stereocenters. The first kappa shape index (κ1) is 26.3. The summed E-state index contributed by atoms with van der Waals surface area (Å²) in [6.07, 6.45) is 9.71. The Hall–Kier alpha value is -2.90. The highest BCUT2D eigenvalue weighted by atomic mass is 35.5. The molecule has 2 aliphatic heterocycles. The number of hydrogen-bond donors (Lipinski definition) is 2. The van der Waals surface area contributed by atoms with Crippen LogP contribution >= 0.6 is 23.8 Å². The van der Waals surface area contributed by atoms with Gasteiger partial charge in [-0.2, -0.15) is 9.97 Å². The fourth-order valence-electron chi connectivity index (χ4n) is 6.41. The monoisotopic (exact) mass is 560 g/mol. The maximum Gasteiger partial charge on any atom is 0.232 e. The van der Waals surface area contributed by atoms with Gasteiger partial charge < -0.3 is 20.4 Å². The van der Waals surface area contributed by atoms with Crippen LogP contribution in [0, 0.1) is 0 Å². The first-order valence-corrected chi connectivity index (χ1v) is 15.1. The zero-order valence-corrected chi connectivity index (χ0v) is 24.0. The molecule has 0 amide bonds. The van der Waals surface area contributed by atoms with Gasteiger partial charge in [0.1, 0.15) is 11.6 Å². The molecule has 1 saturated heterocycles. The number of nitrogens with zero attached hydrogens (tertiary/aromatic N) is 4. The number of thiocarbonyl (C=S) groups is 1. The molecule has 3 aromatic rings. The van der Waals surface area contributed by atoms with E-state index in [0.717, 1.165) is 62.2 Å². The summed E-state index contributed by atoms with van der Waals surface area (Å²) < 4.78 is 0. The average molecular weight is 561 g/mol. The first-order valence-electron chi connectivity index (χ1n) is 14.3. The van der Waals surface area contributed by atoms with E-state index in [-0.39, 0.29) is 5.41 Å². The van der Waals surface area contributed by atoms with Crippen molar-refractivity contribution in [3.63, 3.8) is 0 Å². The number of halogens is 1. The minimum absolute atomic E-state index is 0.0531. The zero-order chi connectivity index (χ0) is 26.7. The van der Waals surface area contributed by atoms with Gasteiger partial charge in [-0.05, 0) is 73.1 Å². The Labute approximate surface area is 242 Å². The topological polar surface area (TPSA) is 56.3 Å². The molecule has 0 bridgehead atoms. The number of piperidine rings is 1. The van der Waals surface area contributed by atoms with Crippen molar-refractivity contribution in [1.82, 2.24) is 15.3 Å². The maximum absolute atomic E-state index is 6.20. The summed E-state index contributed by atoms with van der Waals surface area (Å²) in [5, 5.41) is 8.23. The summed E-state index contributed by atoms with van der Waals surface area (Å²) in [4.78, 5) is 14.6. The van der Waals surface area contributed by atoms with E-state index in [4.69, 9.17) is 33.8 Å². The third-order valence-corrected chi connectivity index (χ3v) is 9.12. The smallest absolute Gasteiger partial charge is 0.232 e. The number of anilines is 3. The minimum Gasteiger partial charge on any atom is -0.361 e. The fourth-order valence-corrected chi connectivity index (χ4v) is 6.70. The summed E-state index contributed by atoms with van der Waals surface area (Å²) in [5.41, 5.74) is 4.11. The molecule has 0 atom stereocenters. The lowest BCUT2D eigenvalue weighted by Crippen LogP contribution is -2.43. The van der Waals surface area contributed by atoms with Crippen molar-refractivity contribution in [3.8, 4) is 0 Å². The standard InChI is InChI=1S/C31H37ClN6S/c32-26-13-11-25(12-14-26)31(15-5-1-6-16-31)22-33-30(39)36-29-34-27(37-17-7-2-8-18-37)19-28(35-29)38-20-23-9-3-4-10-24(23)21-38/h3-4,9-14,19H,1-2,5-8,15-18,20-22H2,(H2,33,34,35,36,39). The highest BCUT2D eigenvalue weighted by molar-refractivity contribution is 7.80. The lowest BCUT2D eigenvalue weighted by atomic mass is 9.69. The molecule has 204 valence electrons. The van der Waals surface area contributed by atoms with Gasteiger partial charge in [0, 0.05) is 49.2 Å². The number of benzene rings is 2. The Balaban J connectivity index is 1.20. The van der Waals surface area contributed by atoms with E-state index in [1.807, 2.05) is 12.1 Å². The summed E-state index contributed by atoms with van der Waals surface area (Å²) in [6.45, 7) is 4.56. The fraction of sp³-hybridized carbons (Fsp3) is 0.452. The Bertz CT molecular complexity index is 1280. The Morgan fingerprint density at radius 3 is 2.10 bits per heavy atom. The molecule has 2 aromatic carbocycles. The van der Waals surface area contributed by atoms with Crippen molar-refractivity contribution < 1.29 is 0 Å². The normalized spacial score (nSPS) is 18.5. The number of fused-ring (bicyclic) bond motifs is 1. The number of hydrogen-bond acceptors (Lipinski definition) is 5. The Morgan fingerprint density at radius 2 is 1.44 bits per heavy atom. The van der Waals surface area contributed by atoms with Crippen LogP contribution in [0.4, 0.5) is 17.6 Å². The molecule has 6 rings (SSSR count). The molecule has 1 aromatic heterocycles. The van der Waals surface area contributed by atoms with Gasteiger partial charge in [-0.3, -0.25) is 0 Å². The van der Waals surface area contributed by atoms with Crippen molar-refractivity contribution in [2.75, 3.05) is 34.8 Å². The molecule has 2 N–H and O–H groups in total. The lowest BCUT2D eigenvalue weighted by Gasteiger charge is -2.38. The van der Waals surface area contributed by atoms with Crippen LogP contribution in [0.15, 0.2) is 54.6 Å². The van der Waals surface area contributed by atoms with Crippen LogP contribution < -0.4 is 20.4 Å². The second-order valence-electron chi connectivity index (χ2n) is 11.2.